The molecule has 0 atom stereocenters. The maximum atomic E-state index is 12.7. The van der Waals surface area contributed by atoms with Crippen molar-refractivity contribution in [1.29, 1.82) is 0 Å². The Bertz CT molecular complexity index is 1000. The van der Waals surface area contributed by atoms with E-state index in [9.17, 15) is 13.2 Å². The minimum Gasteiger partial charge on any atom is -0.294 e. The third-order valence-corrected chi connectivity index (χ3v) is 5.18. The van der Waals surface area contributed by atoms with E-state index < -0.39 is 10.0 Å². The van der Waals surface area contributed by atoms with Crippen molar-refractivity contribution < 1.29 is 13.2 Å². The zero-order chi connectivity index (χ0) is 17.2. The van der Waals surface area contributed by atoms with Gasteiger partial charge in [0.25, 0.3) is 10.0 Å². The highest BCUT2D eigenvalue weighted by Gasteiger charge is 2.17. The van der Waals surface area contributed by atoms with Gasteiger partial charge in [0.15, 0.2) is 5.78 Å². The topological polar surface area (TPSA) is 63.2 Å². The Labute approximate surface area is 141 Å². The molecular weight excluding hydrogens is 322 g/mol. The molecule has 0 spiro atoms. The highest BCUT2D eigenvalue weighted by Crippen LogP contribution is 2.25. The van der Waals surface area contributed by atoms with Gasteiger partial charge in [0.2, 0.25) is 0 Å². The van der Waals surface area contributed by atoms with Crippen molar-refractivity contribution in [2.45, 2.75) is 18.2 Å². The molecule has 4 nitrogen and oxygen atoms in total. The maximum absolute atomic E-state index is 12.7. The molecule has 3 aromatic carbocycles. The van der Waals surface area contributed by atoms with Crippen molar-refractivity contribution >= 4 is 32.3 Å². The molecule has 0 aromatic heterocycles. The molecule has 0 saturated heterocycles. The van der Waals surface area contributed by atoms with Crippen molar-refractivity contribution in [3.05, 3.63) is 72.3 Å². The number of hydrogen-bond acceptors (Lipinski definition) is 3. The highest BCUT2D eigenvalue weighted by atomic mass is 32.2. The third-order valence-electron chi connectivity index (χ3n) is 3.82. The fourth-order valence-electron chi connectivity index (χ4n) is 2.56. The van der Waals surface area contributed by atoms with E-state index in [2.05, 4.69) is 4.72 Å². The van der Waals surface area contributed by atoms with Crippen molar-refractivity contribution in [2.75, 3.05) is 4.72 Å². The number of anilines is 1. The van der Waals surface area contributed by atoms with Gasteiger partial charge in [0, 0.05) is 17.4 Å². The Morgan fingerprint density at radius 3 is 2.46 bits per heavy atom. The summed E-state index contributed by atoms with van der Waals surface area (Å²) in [4.78, 5) is 11.9. The lowest BCUT2D eigenvalue weighted by molar-refractivity contribution is 0.0988. The van der Waals surface area contributed by atoms with Gasteiger partial charge in [0.1, 0.15) is 0 Å². The molecule has 0 aliphatic rings. The number of ketones is 1. The SMILES string of the molecule is CCC(=O)c1cccc(S(=O)(=O)Nc2cccc3ccccc23)c1. The molecule has 3 rings (SSSR count). The molecule has 0 saturated carbocycles. The van der Waals surface area contributed by atoms with Crippen LogP contribution >= 0.6 is 0 Å². The molecule has 0 radical (unpaired) electrons. The van der Waals surface area contributed by atoms with E-state index >= 15 is 0 Å². The number of fused-ring (bicyclic) bond motifs is 1. The Morgan fingerprint density at radius 1 is 0.958 bits per heavy atom. The normalized spacial score (nSPS) is 11.4. The predicted molar refractivity (Wildman–Crippen MR) is 95.8 cm³/mol. The van der Waals surface area contributed by atoms with Crippen molar-refractivity contribution in [2.24, 2.45) is 0 Å². The van der Waals surface area contributed by atoms with Crippen LogP contribution in [0.4, 0.5) is 5.69 Å². The van der Waals surface area contributed by atoms with Crippen molar-refractivity contribution in [3.8, 4) is 0 Å². The Kier molecular flexibility index (Phi) is 4.36. The van der Waals surface area contributed by atoms with E-state index in [1.165, 1.54) is 12.1 Å². The molecule has 0 aliphatic heterocycles. The summed E-state index contributed by atoms with van der Waals surface area (Å²) >= 11 is 0. The monoisotopic (exact) mass is 339 g/mol. The van der Waals surface area contributed by atoms with Crippen molar-refractivity contribution in [3.63, 3.8) is 0 Å². The predicted octanol–water partition coefficient (Wildman–Crippen LogP) is 4.23. The summed E-state index contributed by atoms with van der Waals surface area (Å²) in [5, 5.41) is 1.77. The number of carbonyl (C=O) groups is 1. The molecule has 3 aromatic rings. The van der Waals surface area contributed by atoms with Gasteiger partial charge in [-0.25, -0.2) is 8.42 Å². The van der Waals surface area contributed by atoms with Gasteiger partial charge in [-0.3, -0.25) is 9.52 Å². The number of Topliss-reactive ketones (excluding diaryl/α,β-unsaturated/α-hetero) is 1. The van der Waals surface area contributed by atoms with Gasteiger partial charge in [-0.15, -0.1) is 0 Å². The molecular formula is C19H17NO3S. The molecule has 0 aliphatic carbocycles. The fourth-order valence-corrected chi connectivity index (χ4v) is 3.68. The van der Waals surface area contributed by atoms with Crippen molar-refractivity contribution in [1.82, 2.24) is 0 Å². The zero-order valence-electron chi connectivity index (χ0n) is 13.2. The van der Waals surface area contributed by atoms with Gasteiger partial charge < -0.3 is 0 Å². The van der Waals surface area contributed by atoms with Crippen LogP contribution in [0.3, 0.4) is 0 Å². The fraction of sp³-hybridized carbons (Fsp3) is 0.105. The molecule has 5 heteroatoms. The summed E-state index contributed by atoms with van der Waals surface area (Å²) in [6.07, 6.45) is 0.334. The van der Waals surface area contributed by atoms with Gasteiger partial charge in [-0.2, -0.15) is 0 Å². The number of carbonyl (C=O) groups excluding carboxylic acids is 1. The number of benzene rings is 3. The number of hydrogen-bond donors (Lipinski definition) is 1. The van der Waals surface area contributed by atoms with Crippen LogP contribution in [0.5, 0.6) is 0 Å². The third kappa shape index (κ3) is 3.16. The Hall–Kier alpha value is -2.66. The summed E-state index contributed by atoms with van der Waals surface area (Å²) in [6.45, 7) is 1.75. The zero-order valence-corrected chi connectivity index (χ0v) is 14.0. The van der Waals surface area contributed by atoms with E-state index in [-0.39, 0.29) is 10.7 Å². The summed E-state index contributed by atoms with van der Waals surface area (Å²) in [7, 11) is -3.77. The lowest BCUT2D eigenvalue weighted by Gasteiger charge is -2.11. The van der Waals surface area contributed by atoms with E-state index in [1.807, 2.05) is 30.3 Å². The van der Waals surface area contributed by atoms with Crippen LogP contribution in [0.15, 0.2) is 71.6 Å². The lowest BCUT2D eigenvalue weighted by Crippen LogP contribution is -2.14. The van der Waals surface area contributed by atoms with E-state index in [1.54, 1.807) is 31.2 Å². The van der Waals surface area contributed by atoms with E-state index in [0.717, 1.165) is 10.8 Å². The first kappa shape index (κ1) is 16.2. The molecule has 122 valence electrons. The lowest BCUT2D eigenvalue weighted by atomic mass is 10.1. The van der Waals surface area contributed by atoms with Crippen LogP contribution in [0.25, 0.3) is 10.8 Å². The van der Waals surface area contributed by atoms with Crippen LogP contribution in [0.2, 0.25) is 0 Å². The van der Waals surface area contributed by atoms with E-state index in [4.69, 9.17) is 0 Å². The van der Waals surface area contributed by atoms with E-state index in [0.29, 0.717) is 17.7 Å². The summed E-state index contributed by atoms with van der Waals surface area (Å²) < 4.78 is 28.0. The summed E-state index contributed by atoms with van der Waals surface area (Å²) in [5.41, 5.74) is 0.915. The van der Waals surface area contributed by atoms with Gasteiger partial charge >= 0.3 is 0 Å². The van der Waals surface area contributed by atoms with Gasteiger partial charge in [0.05, 0.1) is 10.6 Å². The molecule has 0 bridgehead atoms. The molecule has 1 N–H and O–H groups in total. The molecule has 0 amide bonds. The second kappa shape index (κ2) is 6.45. The van der Waals surface area contributed by atoms with Crippen LogP contribution in [-0.2, 0) is 10.0 Å². The summed E-state index contributed by atoms with van der Waals surface area (Å²) in [5.74, 6) is -0.0859. The minimum atomic E-state index is -3.77. The Balaban J connectivity index is 2.01. The highest BCUT2D eigenvalue weighted by molar-refractivity contribution is 7.92. The quantitative estimate of drug-likeness (QED) is 0.707. The first-order valence-corrected chi connectivity index (χ1v) is 9.13. The number of nitrogens with one attached hydrogen (secondary N) is 1. The van der Waals surface area contributed by atoms with Gasteiger partial charge in [-0.05, 0) is 23.6 Å². The largest absolute Gasteiger partial charge is 0.294 e. The Morgan fingerprint density at radius 2 is 1.67 bits per heavy atom. The average molecular weight is 339 g/mol. The second-order valence-electron chi connectivity index (χ2n) is 5.44. The number of rotatable bonds is 5. The molecule has 0 heterocycles. The smallest absolute Gasteiger partial charge is 0.261 e. The van der Waals surface area contributed by atoms with Gasteiger partial charge in [-0.1, -0.05) is 55.5 Å². The van der Waals surface area contributed by atoms with Crippen LogP contribution < -0.4 is 4.72 Å². The number of sulfonamides is 1. The minimum absolute atomic E-state index is 0.0785. The first-order valence-electron chi connectivity index (χ1n) is 7.65. The van der Waals surface area contributed by atoms with Crippen LogP contribution in [-0.4, -0.2) is 14.2 Å². The van der Waals surface area contributed by atoms with Crippen LogP contribution in [0, 0.1) is 0 Å². The average Bonchev–Trinajstić information content (AvgIpc) is 2.61. The molecule has 0 fully saturated rings. The maximum Gasteiger partial charge on any atom is 0.261 e. The second-order valence-corrected chi connectivity index (χ2v) is 7.12. The molecule has 24 heavy (non-hydrogen) atoms. The van der Waals surface area contributed by atoms with Crippen LogP contribution in [0.1, 0.15) is 23.7 Å². The standard InChI is InChI=1S/C19H17NO3S/c1-2-19(21)15-9-5-10-16(13-15)24(22,23)20-18-12-6-8-14-7-3-4-11-17(14)18/h3-13,20H,2H2,1H3. The summed E-state index contributed by atoms with van der Waals surface area (Å²) in [6, 6.07) is 19.1. The molecule has 0 unspecified atom stereocenters. The first-order chi connectivity index (χ1) is 11.5.